The van der Waals surface area contributed by atoms with E-state index < -0.39 is 24.5 Å². The lowest BCUT2D eigenvalue weighted by molar-refractivity contribution is -0.128. The number of nitrogens with one attached hydrogen (secondary N) is 1. The van der Waals surface area contributed by atoms with E-state index in [4.69, 9.17) is 4.74 Å². The summed E-state index contributed by atoms with van der Waals surface area (Å²) in [5.74, 6) is -1.30. The molecular weight excluding hydrogens is 308 g/mol. The Morgan fingerprint density at radius 3 is 2.38 bits per heavy atom. The minimum atomic E-state index is -0.653. The van der Waals surface area contributed by atoms with Crippen molar-refractivity contribution in [1.29, 1.82) is 0 Å². The average Bonchev–Trinajstić information content (AvgIpc) is 2.60. The molecule has 1 heterocycles. The van der Waals surface area contributed by atoms with Gasteiger partial charge in [0.25, 0.3) is 5.91 Å². The molecule has 0 aliphatic rings. The molecule has 2 aromatic rings. The van der Waals surface area contributed by atoms with E-state index in [1.165, 1.54) is 31.5 Å². The van der Waals surface area contributed by atoms with Crippen LogP contribution in [-0.4, -0.2) is 35.3 Å². The van der Waals surface area contributed by atoms with E-state index in [0.717, 1.165) is 5.56 Å². The van der Waals surface area contributed by atoms with Crippen LogP contribution in [0.5, 0.6) is 0 Å². The van der Waals surface area contributed by atoms with E-state index in [2.05, 4.69) is 10.3 Å². The zero-order chi connectivity index (χ0) is 17.4. The third-order valence-corrected chi connectivity index (χ3v) is 3.36. The largest absolute Gasteiger partial charge is 0.452 e. The van der Waals surface area contributed by atoms with Gasteiger partial charge in [0, 0.05) is 12.4 Å². The molecule has 6 heteroatoms. The lowest BCUT2D eigenvalue weighted by atomic mass is 10.0. The second kappa shape index (κ2) is 8.57. The van der Waals surface area contributed by atoms with Crippen molar-refractivity contribution in [1.82, 2.24) is 10.3 Å². The van der Waals surface area contributed by atoms with Crippen LogP contribution in [0.25, 0.3) is 0 Å². The lowest BCUT2D eigenvalue weighted by Crippen LogP contribution is -2.43. The number of esters is 1. The number of rotatable bonds is 7. The van der Waals surface area contributed by atoms with Gasteiger partial charge in [0.2, 0.25) is 0 Å². The maximum absolute atomic E-state index is 11.9. The first-order chi connectivity index (χ1) is 11.6. The smallest absolute Gasteiger partial charge is 0.338 e. The molecule has 1 aromatic heterocycles. The maximum atomic E-state index is 11.9. The lowest BCUT2D eigenvalue weighted by Gasteiger charge is -2.16. The Kier molecular flexibility index (Phi) is 6.19. The number of ketones is 1. The topological polar surface area (TPSA) is 85.4 Å². The zero-order valence-corrected chi connectivity index (χ0v) is 13.3. The van der Waals surface area contributed by atoms with Gasteiger partial charge in [0.1, 0.15) is 0 Å². The number of pyridine rings is 1. The molecule has 0 aliphatic carbocycles. The van der Waals surface area contributed by atoms with Gasteiger partial charge in [-0.1, -0.05) is 30.3 Å². The van der Waals surface area contributed by atoms with Crippen LogP contribution in [0.2, 0.25) is 0 Å². The summed E-state index contributed by atoms with van der Waals surface area (Å²) in [7, 11) is 0. The predicted molar refractivity (Wildman–Crippen MR) is 87.3 cm³/mol. The molecule has 0 saturated heterocycles. The second-order valence-corrected chi connectivity index (χ2v) is 5.23. The highest BCUT2D eigenvalue weighted by Crippen LogP contribution is 2.04. The molecule has 0 bridgehead atoms. The Morgan fingerprint density at radius 1 is 1.08 bits per heavy atom. The minimum Gasteiger partial charge on any atom is -0.452 e. The van der Waals surface area contributed by atoms with Crippen molar-refractivity contribution in [2.45, 2.75) is 19.4 Å². The molecule has 0 saturated carbocycles. The van der Waals surface area contributed by atoms with Crippen LogP contribution < -0.4 is 5.32 Å². The van der Waals surface area contributed by atoms with Crippen LogP contribution in [0.15, 0.2) is 54.9 Å². The Hall–Kier alpha value is -3.02. The van der Waals surface area contributed by atoms with Crippen molar-refractivity contribution in [2.75, 3.05) is 6.61 Å². The number of Topliss-reactive ketones (excluding diaryl/α,β-unsaturated/α-hetero) is 1. The molecule has 1 aromatic carbocycles. The van der Waals surface area contributed by atoms with Gasteiger partial charge in [-0.05, 0) is 31.0 Å². The Morgan fingerprint density at radius 2 is 1.75 bits per heavy atom. The van der Waals surface area contributed by atoms with Crippen molar-refractivity contribution in [2.24, 2.45) is 0 Å². The first-order valence-electron chi connectivity index (χ1n) is 7.47. The van der Waals surface area contributed by atoms with Crippen molar-refractivity contribution in [3.63, 3.8) is 0 Å². The van der Waals surface area contributed by atoms with Crippen molar-refractivity contribution in [3.8, 4) is 0 Å². The van der Waals surface area contributed by atoms with Crippen LogP contribution in [0.4, 0.5) is 0 Å². The third-order valence-electron chi connectivity index (χ3n) is 3.36. The summed E-state index contributed by atoms with van der Waals surface area (Å²) in [5, 5.41) is 2.59. The van der Waals surface area contributed by atoms with E-state index >= 15 is 0 Å². The number of aromatic nitrogens is 1. The average molecular weight is 326 g/mol. The van der Waals surface area contributed by atoms with Crippen LogP contribution >= 0.6 is 0 Å². The highest BCUT2D eigenvalue weighted by atomic mass is 16.5. The monoisotopic (exact) mass is 326 g/mol. The molecule has 124 valence electrons. The molecule has 0 fully saturated rings. The molecule has 1 amide bonds. The number of carbonyl (C=O) groups is 3. The normalized spacial score (nSPS) is 11.4. The molecule has 1 N–H and O–H groups in total. The van der Waals surface area contributed by atoms with Crippen molar-refractivity contribution >= 4 is 17.7 Å². The summed E-state index contributed by atoms with van der Waals surface area (Å²) in [6, 6.07) is 11.7. The Labute approximate surface area is 139 Å². The minimum absolute atomic E-state index is 0.160. The summed E-state index contributed by atoms with van der Waals surface area (Å²) < 4.78 is 4.93. The molecule has 0 radical (unpaired) electrons. The van der Waals surface area contributed by atoms with Gasteiger partial charge in [0.15, 0.2) is 12.4 Å². The highest BCUT2D eigenvalue weighted by Gasteiger charge is 2.18. The van der Waals surface area contributed by atoms with E-state index in [9.17, 15) is 14.4 Å². The van der Waals surface area contributed by atoms with Gasteiger partial charge in [-0.25, -0.2) is 4.79 Å². The van der Waals surface area contributed by atoms with Crippen molar-refractivity contribution < 1.29 is 19.1 Å². The molecule has 0 aliphatic heterocycles. The maximum Gasteiger partial charge on any atom is 0.338 e. The molecule has 24 heavy (non-hydrogen) atoms. The van der Waals surface area contributed by atoms with E-state index in [1.54, 1.807) is 0 Å². The van der Waals surface area contributed by atoms with E-state index in [0.29, 0.717) is 12.0 Å². The quantitative estimate of drug-likeness (QED) is 0.780. The third kappa shape index (κ3) is 5.31. The number of nitrogens with zero attached hydrogens (tertiary/aromatic N) is 1. The fourth-order valence-electron chi connectivity index (χ4n) is 2.08. The van der Waals surface area contributed by atoms with Crippen LogP contribution in [0.3, 0.4) is 0 Å². The predicted octanol–water partition coefficient (Wildman–Crippen LogP) is 1.55. The number of hydrogen-bond acceptors (Lipinski definition) is 5. The summed E-state index contributed by atoms with van der Waals surface area (Å²) >= 11 is 0. The Balaban J connectivity index is 1.87. The molecule has 2 rings (SSSR count). The molecule has 0 spiro atoms. The van der Waals surface area contributed by atoms with Gasteiger partial charge < -0.3 is 10.1 Å². The van der Waals surface area contributed by atoms with Gasteiger partial charge >= 0.3 is 5.97 Å². The number of benzene rings is 1. The summed E-state index contributed by atoms with van der Waals surface area (Å²) in [6.07, 6.45) is 3.31. The van der Waals surface area contributed by atoms with E-state index in [-0.39, 0.29) is 5.78 Å². The zero-order valence-electron chi connectivity index (χ0n) is 13.3. The van der Waals surface area contributed by atoms with Crippen LogP contribution in [0, 0.1) is 0 Å². The summed E-state index contributed by atoms with van der Waals surface area (Å²) in [4.78, 5) is 39.2. The molecule has 6 nitrogen and oxygen atoms in total. The summed E-state index contributed by atoms with van der Waals surface area (Å²) in [5.41, 5.74) is 1.25. The number of ether oxygens (including phenoxy) is 1. The molecule has 1 atom stereocenters. The summed E-state index contributed by atoms with van der Waals surface area (Å²) in [6.45, 7) is 0.969. The fourth-order valence-corrected chi connectivity index (χ4v) is 2.08. The first kappa shape index (κ1) is 17.3. The van der Waals surface area contributed by atoms with Gasteiger partial charge in [-0.15, -0.1) is 0 Å². The number of amides is 1. The standard InChI is InChI=1S/C18H18N2O4/c1-13(21)16(11-14-5-3-2-4-6-14)20-17(22)12-24-18(23)15-7-9-19-10-8-15/h2-10,16H,11-12H2,1H3,(H,20,22)/t16-/m0/s1. The number of carbonyl (C=O) groups excluding carboxylic acids is 3. The molecular formula is C18H18N2O4. The van der Waals surface area contributed by atoms with Crippen molar-refractivity contribution in [3.05, 3.63) is 66.0 Å². The second-order valence-electron chi connectivity index (χ2n) is 5.23. The van der Waals surface area contributed by atoms with Gasteiger partial charge in [-0.3, -0.25) is 14.6 Å². The van der Waals surface area contributed by atoms with Gasteiger partial charge in [0.05, 0.1) is 11.6 Å². The number of hydrogen-bond donors (Lipinski definition) is 1. The van der Waals surface area contributed by atoms with Gasteiger partial charge in [-0.2, -0.15) is 0 Å². The SMILES string of the molecule is CC(=O)[C@H](Cc1ccccc1)NC(=O)COC(=O)c1ccncc1. The highest BCUT2D eigenvalue weighted by molar-refractivity contribution is 5.92. The van der Waals surface area contributed by atoms with E-state index in [1.807, 2.05) is 30.3 Å². The van der Waals surface area contributed by atoms with Crippen LogP contribution in [-0.2, 0) is 20.7 Å². The fraction of sp³-hybridized carbons (Fsp3) is 0.222. The first-order valence-corrected chi connectivity index (χ1v) is 7.47. The Bertz CT molecular complexity index is 701. The van der Waals surface area contributed by atoms with Crippen LogP contribution in [0.1, 0.15) is 22.8 Å². The molecule has 0 unspecified atom stereocenters.